The Balaban J connectivity index is 1.90. The molecule has 0 unspecified atom stereocenters. The summed E-state index contributed by atoms with van der Waals surface area (Å²) in [6, 6.07) is 13.4. The molecule has 0 amide bonds. The highest BCUT2D eigenvalue weighted by molar-refractivity contribution is 5.73. The van der Waals surface area contributed by atoms with E-state index < -0.39 is 5.92 Å². The summed E-state index contributed by atoms with van der Waals surface area (Å²) >= 11 is 0. The molecule has 1 atom stereocenters. The molecule has 1 aromatic heterocycles. The number of aromatic amines is 1. The highest BCUT2D eigenvalue weighted by atomic mass is 16.5. The predicted molar refractivity (Wildman–Crippen MR) is 125 cm³/mol. The lowest BCUT2D eigenvalue weighted by atomic mass is 9.82. The summed E-state index contributed by atoms with van der Waals surface area (Å²) in [5.74, 6) is 1.77. The number of hydrogen-bond acceptors (Lipinski definition) is 8. The number of aromatic nitrogens is 2. The van der Waals surface area contributed by atoms with Crippen LogP contribution in [0.4, 0.5) is 0 Å². The Labute approximate surface area is 197 Å². The van der Waals surface area contributed by atoms with Gasteiger partial charge in [-0.2, -0.15) is 5.26 Å². The van der Waals surface area contributed by atoms with E-state index >= 15 is 0 Å². The zero-order valence-electron chi connectivity index (χ0n) is 19.5. The van der Waals surface area contributed by atoms with Gasteiger partial charge >= 0.3 is 0 Å². The Morgan fingerprint density at radius 1 is 1.06 bits per heavy atom. The van der Waals surface area contributed by atoms with E-state index in [1.54, 1.807) is 13.2 Å². The second-order valence-corrected chi connectivity index (χ2v) is 7.54. The summed E-state index contributed by atoms with van der Waals surface area (Å²) in [4.78, 5) is 0. The molecule has 1 aliphatic rings. The molecule has 0 saturated carbocycles. The number of benzene rings is 2. The Kier molecular flexibility index (Phi) is 6.50. The number of allylic oxidation sites excluding steroid dienone is 1. The standard InChI is InChI=1S/C25H26N4O5/c1-5-12-33-15-8-6-14(7-9-15)21-20-19(17(13-26)24(27)34-25(20)29-28-21)16-10-11-18(30-2)23(32-4)22(16)31-3/h6-11,19H,5,12,27H2,1-4H3,(H,28,29)/t19-/m0/s1. The van der Waals surface area contributed by atoms with E-state index in [2.05, 4.69) is 23.2 Å². The van der Waals surface area contributed by atoms with Crippen molar-refractivity contribution in [2.45, 2.75) is 19.3 Å². The summed E-state index contributed by atoms with van der Waals surface area (Å²) in [7, 11) is 4.61. The largest absolute Gasteiger partial charge is 0.494 e. The van der Waals surface area contributed by atoms with Crippen molar-refractivity contribution in [3.05, 3.63) is 59.0 Å². The molecule has 0 fully saturated rings. The summed E-state index contributed by atoms with van der Waals surface area (Å²) in [5, 5.41) is 17.4. The van der Waals surface area contributed by atoms with Crippen LogP contribution in [0.5, 0.6) is 28.9 Å². The molecule has 2 aromatic carbocycles. The molecule has 1 aliphatic heterocycles. The van der Waals surface area contributed by atoms with Crippen LogP contribution in [-0.4, -0.2) is 38.1 Å². The number of nitrogens with zero attached hydrogens (tertiary/aromatic N) is 2. The molecule has 34 heavy (non-hydrogen) atoms. The lowest BCUT2D eigenvalue weighted by molar-refractivity contribution is 0.317. The highest BCUT2D eigenvalue weighted by Crippen LogP contribution is 2.51. The Bertz CT molecular complexity index is 1260. The normalized spacial score (nSPS) is 14.6. The average Bonchev–Trinajstić information content (AvgIpc) is 3.29. The zero-order chi connectivity index (χ0) is 24.2. The summed E-state index contributed by atoms with van der Waals surface area (Å²) in [6.07, 6.45) is 0.923. The molecule has 9 nitrogen and oxygen atoms in total. The number of hydrogen-bond donors (Lipinski definition) is 2. The molecule has 9 heteroatoms. The van der Waals surface area contributed by atoms with Gasteiger partial charge in [-0.25, -0.2) is 0 Å². The smallest absolute Gasteiger partial charge is 0.244 e. The van der Waals surface area contributed by atoms with Crippen LogP contribution in [0.1, 0.15) is 30.4 Å². The van der Waals surface area contributed by atoms with E-state index in [1.807, 2.05) is 30.3 Å². The second-order valence-electron chi connectivity index (χ2n) is 7.54. The molecule has 0 saturated heterocycles. The third-order valence-electron chi connectivity index (χ3n) is 5.60. The third-order valence-corrected chi connectivity index (χ3v) is 5.60. The minimum absolute atomic E-state index is 0.0156. The van der Waals surface area contributed by atoms with E-state index in [1.165, 1.54) is 14.2 Å². The quantitative estimate of drug-likeness (QED) is 0.512. The number of nitriles is 1. The van der Waals surface area contributed by atoms with Gasteiger partial charge in [-0.15, -0.1) is 5.10 Å². The first-order valence-electron chi connectivity index (χ1n) is 10.8. The van der Waals surface area contributed by atoms with Gasteiger partial charge in [-0.3, -0.25) is 5.10 Å². The van der Waals surface area contributed by atoms with Crippen molar-refractivity contribution in [1.29, 1.82) is 5.26 Å². The molecule has 0 bridgehead atoms. The van der Waals surface area contributed by atoms with Crippen molar-refractivity contribution in [3.63, 3.8) is 0 Å². The van der Waals surface area contributed by atoms with Gasteiger partial charge in [0.15, 0.2) is 11.5 Å². The van der Waals surface area contributed by atoms with E-state index in [9.17, 15) is 5.26 Å². The van der Waals surface area contributed by atoms with Gasteiger partial charge in [0.05, 0.1) is 45.1 Å². The first-order chi connectivity index (χ1) is 16.6. The number of nitrogens with two attached hydrogens (primary N) is 1. The number of nitrogens with one attached hydrogen (secondary N) is 1. The van der Waals surface area contributed by atoms with Crippen molar-refractivity contribution in [2.75, 3.05) is 27.9 Å². The lowest BCUT2D eigenvalue weighted by Crippen LogP contribution is -2.21. The number of H-pyrrole nitrogens is 1. The van der Waals surface area contributed by atoms with Crippen LogP contribution in [0.3, 0.4) is 0 Å². The molecule has 0 spiro atoms. The average molecular weight is 463 g/mol. The highest BCUT2D eigenvalue weighted by Gasteiger charge is 2.38. The van der Waals surface area contributed by atoms with Gasteiger partial charge in [0.1, 0.15) is 17.4 Å². The van der Waals surface area contributed by atoms with E-state index in [-0.39, 0.29) is 11.5 Å². The predicted octanol–water partition coefficient (Wildman–Crippen LogP) is 4.11. The fourth-order valence-corrected chi connectivity index (χ4v) is 4.07. The molecule has 4 rings (SSSR count). The van der Waals surface area contributed by atoms with Crippen LogP contribution in [0.15, 0.2) is 47.9 Å². The maximum Gasteiger partial charge on any atom is 0.244 e. The van der Waals surface area contributed by atoms with Crippen LogP contribution < -0.4 is 29.4 Å². The Hall–Kier alpha value is -4.32. The fourth-order valence-electron chi connectivity index (χ4n) is 4.07. The van der Waals surface area contributed by atoms with Crippen molar-refractivity contribution in [2.24, 2.45) is 5.73 Å². The fraction of sp³-hybridized carbons (Fsp3) is 0.280. The van der Waals surface area contributed by atoms with Crippen LogP contribution >= 0.6 is 0 Å². The maximum absolute atomic E-state index is 10.0. The molecule has 0 radical (unpaired) electrons. The zero-order valence-corrected chi connectivity index (χ0v) is 19.5. The van der Waals surface area contributed by atoms with Gasteiger partial charge in [0.2, 0.25) is 17.5 Å². The summed E-state index contributed by atoms with van der Waals surface area (Å²) in [6.45, 7) is 2.70. The topological polar surface area (TPSA) is 125 Å². The molecule has 2 heterocycles. The number of methoxy groups -OCH3 is 3. The second kappa shape index (κ2) is 9.67. The number of fused-ring (bicyclic) bond motifs is 1. The Morgan fingerprint density at radius 3 is 2.41 bits per heavy atom. The maximum atomic E-state index is 10.0. The van der Waals surface area contributed by atoms with Crippen molar-refractivity contribution in [3.8, 4) is 46.2 Å². The monoisotopic (exact) mass is 462 g/mol. The minimum Gasteiger partial charge on any atom is -0.494 e. The van der Waals surface area contributed by atoms with E-state index in [4.69, 9.17) is 29.4 Å². The molecule has 3 N–H and O–H groups in total. The van der Waals surface area contributed by atoms with Crippen LogP contribution in [-0.2, 0) is 0 Å². The molecule has 176 valence electrons. The van der Waals surface area contributed by atoms with E-state index in [0.29, 0.717) is 46.6 Å². The SMILES string of the molecule is CCCOc1ccc(-c2[nH]nc3c2[C@@H](c2ccc(OC)c(OC)c2OC)C(C#N)=C(N)O3)cc1. The first kappa shape index (κ1) is 22.9. The van der Waals surface area contributed by atoms with Gasteiger partial charge in [-0.05, 0) is 36.8 Å². The Morgan fingerprint density at radius 2 is 1.79 bits per heavy atom. The van der Waals surface area contributed by atoms with Gasteiger partial charge < -0.3 is 29.4 Å². The van der Waals surface area contributed by atoms with Crippen LogP contribution in [0.2, 0.25) is 0 Å². The van der Waals surface area contributed by atoms with Crippen LogP contribution in [0.25, 0.3) is 11.3 Å². The molecule has 0 aliphatic carbocycles. The summed E-state index contributed by atoms with van der Waals surface area (Å²) in [5.41, 5.74) is 9.24. The number of ether oxygens (including phenoxy) is 5. The molecular formula is C25H26N4O5. The van der Waals surface area contributed by atoms with Crippen molar-refractivity contribution in [1.82, 2.24) is 10.2 Å². The molecular weight excluding hydrogens is 436 g/mol. The van der Waals surface area contributed by atoms with Crippen molar-refractivity contribution >= 4 is 0 Å². The van der Waals surface area contributed by atoms with Crippen LogP contribution in [0, 0.1) is 11.3 Å². The van der Waals surface area contributed by atoms with Gasteiger partial charge in [0.25, 0.3) is 0 Å². The van der Waals surface area contributed by atoms with Gasteiger partial charge in [0, 0.05) is 11.1 Å². The summed E-state index contributed by atoms with van der Waals surface area (Å²) < 4.78 is 28.1. The first-order valence-corrected chi connectivity index (χ1v) is 10.8. The lowest BCUT2D eigenvalue weighted by Gasteiger charge is -2.26. The number of rotatable bonds is 8. The van der Waals surface area contributed by atoms with E-state index in [0.717, 1.165) is 17.7 Å². The third kappa shape index (κ3) is 3.83. The van der Waals surface area contributed by atoms with Gasteiger partial charge in [-0.1, -0.05) is 13.0 Å². The molecule has 3 aromatic rings. The minimum atomic E-state index is -0.617. The van der Waals surface area contributed by atoms with Crippen molar-refractivity contribution < 1.29 is 23.7 Å².